The third kappa shape index (κ3) is 4.64. The summed E-state index contributed by atoms with van der Waals surface area (Å²) >= 11 is 0. The Balaban J connectivity index is 1.51. The van der Waals surface area contributed by atoms with Gasteiger partial charge >= 0.3 is 0 Å². The fourth-order valence-corrected chi connectivity index (χ4v) is 3.64. The molecule has 1 aliphatic heterocycles. The fraction of sp³-hybridized carbons (Fsp3) is 0.409. The number of piperidine rings is 1. The highest BCUT2D eigenvalue weighted by atomic mass is 16.5. The quantitative estimate of drug-likeness (QED) is 0.855. The number of benzene rings is 2. The number of hydrogen-bond donors (Lipinski definition) is 1. The lowest BCUT2D eigenvalue weighted by molar-refractivity contribution is -0.121. The van der Waals surface area contributed by atoms with Crippen LogP contribution in [-0.4, -0.2) is 37.0 Å². The summed E-state index contributed by atoms with van der Waals surface area (Å²) in [7, 11) is 1.62. The minimum atomic E-state index is -0.141. The zero-order valence-electron chi connectivity index (χ0n) is 15.7. The van der Waals surface area contributed by atoms with Crippen molar-refractivity contribution < 1.29 is 9.53 Å². The summed E-state index contributed by atoms with van der Waals surface area (Å²) in [6.07, 6.45) is 3.42. The molecule has 1 N–H and O–H groups in total. The molecule has 2 aromatic carbocycles. The van der Waals surface area contributed by atoms with Gasteiger partial charge in [-0.2, -0.15) is 0 Å². The molecule has 1 atom stereocenters. The predicted octanol–water partition coefficient (Wildman–Crippen LogP) is 3.98. The second-order valence-corrected chi connectivity index (χ2v) is 7.03. The number of hydrogen-bond acceptors (Lipinski definition) is 3. The van der Waals surface area contributed by atoms with Crippen LogP contribution in [0.4, 0.5) is 5.69 Å². The molecule has 1 aliphatic rings. The standard InChI is InChI=1S/C22H28N2O2/c1-17(22(25)23-20-10-6-7-11-21(20)26-2)24-14-12-19(13-15-24)16-18-8-4-3-5-9-18/h3-11,17,19H,12-16H2,1-2H3,(H,23,25)/t17-/m1/s1. The number of anilines is 1. The van der Waals surface area contributed by atoms with E-state index in [0.29, 0.717) is 11.7 Å². The second-order valence-electron chi connectivity index (χ2n) is 7.03. The molecule has 1 amide bonds. The van der Waals surface area contributed by atoms with Crippen molar-refractivity contribution in [3.05, 3.63) is 60.2 Å². The van der Waals surface area contributed by atoms with Crippen molar-refractivity contribution in [2.45, 2.75) is 32.2 Å². The van der Waals surface area contributed by atoms with Gasteiger partial charge in [-0.05, 0) is 62.9 Å². The Morgan fingerprint density at radius 1 is 1.12 bits per heavy atom. The highest BCUT2D eigenvalue weighted by molar-refractivity contribution is 5.95. The lowest BCUT2D eigenvalue weighted by Gasteiger charge is -2.35. The molecule has 0 spiro atoms. The van der Waals surface area contributed by atoms with E-state index in [4.69, 9.17) is 4.74 Å². The van der Waals surface area contributed by atoms with Gasteiger partial charge in [-0.1, -0.05) is 42.5 Å². The lowest BCUT2D eigenvalue weighted by atomic mass is 9.89. The Hall–Kier alpha value is -2.33. The zero-order valence-corrected chi connectivity index (χ0v) is 15.7. The summed E-state index contributed by atoms with van der Waals surface area (Å²) in [6, 6.07) is 18.1. The normalized spacial score (nSPS) is 16.8. The lowest BCUT2D eigenvalue weighted by Crippen LogP contribution is -2.46. The van der Waals surface area contributed by atoms with Crippen molar-refractivity contribution in [3.8, 4) is 5.75 Å². The van der Waals surface area contributed by atoms with Crippen LogP contribution >= 0.6 is 0 Å². The molecule has 0 saturated carbocycles. The van der Waals surface area contributed by atoms with Gasteiger partial charge in [0, 0.05) is 0 Å². The SMILES string of the molecule is COc1ccccc1NC(=O)[C@@H](C)N1CCC(Cc2ccccc2)CC1. The van der Waals surface area contributed by atoms with E-state index in [0.717, 1.165) is 38.0 Å². The molecule has 0 bridgehead atoms. The number of carbonyl (C=O) groups excluding carboxylic acids is 1. The van der Waals surface area contributed by atoms with E-state index >= 15 is 0 Å². The number of nitrogens with zero attached hydrogens (tertiary/aromatic N) is 1. The maximum Gasteiger partial charge on any atom is 0.241 e. The molecular formula is C22H28N2O2. The largest absolute Gasteiger partial charge is 0.495 e. The average Bonchev–Trinajstić information content (AvgIpc) is 2.69. The van der Waals surface area contributed by atoms with Crippen LogP contribution in [0.1, 0.15) is 25.3 Å². The van der Waals surface area contributed by atoms with Gasteiger partial charge in [0.2, 0.25) is 5.91 Å². The minimum absolute atomic E-state index is 0.0241. The van der Waals surface area contributed by atoms with Gasteiger partial charge < -0.3 is 10.1 Å². The first-order valence-corrected chi connectivity index (χ1v) is 9.39. The summed E-state index contributed by atoms with van der Waals surface area (Å²) < 4.78 is 5.31. The van der Waals surface area contributed by atoms with E-state index in [-0.39, 0.29) is 11.9 Å². The Kier molecular flexibility index (Phi) is 6.29. The number of ether oxygens (including phenoxy) is 1. The van der Waals surface area contributed by atoms with Gasteiger partial charge in [-0.15, -0.1) is 0 Å². The Morgan fingerprint density at radius 2 is 1.77 bits per heavy atom. The first-order chi connectivity index (χ1) is 12.7. The molecule has 26 heavy (non-hydrogen) atoms. The van der Waals surface area contributed by atoms with Crippen LogP contribution < -0.4 is 10.1 Å². The van der Waals surface area contributed by atoms with Crippen molar-refractivity contribution in [1.29, 1.82) is 0 Å². The number of nitrogens with one attached hydrogen (secondary N) is 1. The number of rotatable bonds is 6. The van der Waals surface area contributed by atoms with Crippen molar-refractivity contribution in [2.75, 3.05) is 25.5 Å². The third-order valence-electron chi connectivity index (χ3n) is 5.31. The minimum Gasteiger partial charge on any atom is -0.495 e. The average molecular weight is 352 g/mol. The summed E-state index contributed by atoms with van der Waals surface area (Å²) in [5, 5.41) is 3.00. The highest BCUT2D eigenvalue weighted by Gasteiger charge is 2.27. The van der Waals surface area contributed by atoms with E-state index < -0.39 is 0 Å². The van der Waals surface area contributed by atoms with E-state index in [1.54, 1.807) is 7.11 Å². The maximum atomic E-state index is 12.6. The van der Waals surface area contributed by atoms with Crippen LogP contribution in [0.2, 0.25) is 0 Å². The molecule has 4 nitrogen and oxygen atoms in total. The molecular weight excluding hydrogens is 324 g/mol. The van der Waals surface area contributed by atoms with E-state index in [9.17, 15) is 4.79 Å². The molecule has 138 valence electrons. The third-order valence-corrected chi connectivity index (χ3v) is 5.31. The number of methoxy groups -OCH3 is 1. The molecule has 2 aromatic rings. The van der Waals surface area contributed by atoms with Crippen molar-refractivity contribution in [1.82, 2.24) is 4.90 Å². The first kappa shape index (κ1) is 18.5. The van der Waals surface area contributed by atoms with Crippen molar-refractivity contribution >= 4 is 11.6 Å². The van der Waals surface area contributed by atoms with Crippen molar-refractivity contribution in [3.63, 3.8) is 0 Å². The number of carbonyl (C=O) groups is 1. The summed E-state index contributed by atoms with van der Waals surface area (Å²) in [5.41, 5.74) is 2.14. The van der Waals surface area contributed by atoms with Gasteiger partial charge in [-0.25, -0.2) is 0 Å². The second kappa shape index (κ2) is 8.86. The molecule has 1 heterocycles. The molecule has 0 aliphatic carbocycles. The summed E-state index contributed by atoms with van der Waals surface area (Å²) in [5.74, 6) is 1.42. The molecule has 0 radical (unpaired) electrons. The van der Waals surface area contributed by atoms with E-state index in [1.807, 2.05) is 31.2 Å². The smallest absolute Gasteiger partial charge is 0.241 e. The van der Waals surface area contributed by atoms with Crippen LogP contribution in [0.25, 0.3) is 0 Å². The first-order valence-electron chi connectivity index (χ1n) is 9.39. The van der Waals surface area contributed by atoms with Crippen LogP contribution in [-0.2, 0) is 11.2 Å². The van der Waals surface area contributed by atoms with Gasteiger partial charge in [0.15, 0.2) is 0 Å². The predicted molar refractivity (Wildman–Crippen MR) is 106 cm³/mol. The van der Waals surface area contributed by atoms with Gasteiger partial charge in [0.1, 0.15) is 5.75 Å². The Labute approximate surface area is 156 Å². The van der Waals surface area contributed by atoms with Crippen LogP contribution in [0.3, 0.4) is 0 Å². The maximum absolute atomic E-state index is 12.6. The summed E-state index contributed by atoms with van der Waals surface area (Å²) in [6.45, 7) is 3.93. The van der Waals surface area contributed by atoms with Crippen LogP contribution in [0, 0.1) is 5.92 Å². The monoisotopic (exact) mass is 352 g/mol. The van der Waals surface area contributed by atoms with Crippen LogP contribution in [0.15, 0.2) is 54.6 Å². The zero-order chi connectivity index (χ0) is 18.4. The number of amides is 1. The molecule has 4 heteroatoms. The molecule has 0 aromatic heterocycles. The molecule has 1 saturated heterocycles. The Morgan fingerprint density at radius 3 is 2.46 bits per heavy atom. The van der Waals surface area contributed by atoms with E-state index in [1.165, 1.54) is 5.56 Å². The van der Waals surface area contributed by atoms with Gasteiger partial charge in [-0.3, -0.25) is 9.69 Å². The van der Waals surface area contributed by atoms with E-state index in [2.05, 4.69) is 40.5 Å². The van der Waals surface area contributed by atoms with Gasteiger partial charge in [0.25, 0.3) is 0 Å². The highest BCUT2D eigenvalue weighted by Crippen LogP contribution is 2.25. The Bertz CT molecular complexity index is 709. The number of likely N-dealkylation sites (tertiary alicyclic amines) is 1. The van der Waals surface area contributed by atoms with Crippen LogP contribution in [0.5, 0.6) is 5.75 Å². The fourth-order valence-electron chi connectivity index (χ4n) is 3.64. The topological polar surface area (TPSA) is 41.6 Å². The summed E-state index contributed by atoms with van der Waals surface area (Å²) in [4.78, 5) is 14.9. The number of para-hydroxylation sites is 2. The molecule has 3 rings (SSSR count). The van der Waals surface area contributed by atoms with Gasteiger partial charge in [0.05, 0.1) is 18.8 Å². The molecule has 0 unspecified atom stereocenters. The molecule has 1 fully saturated rings. The van der Waals surface area contributed by atoms with Crippen molar-refractivity contribution in [2.24, 2.45) is 5.92 Å².